The lowest BCUT2D eigenvalue weighted by Crippen LogP contribution is -2.45. The van der Waals surface area contributed by atoms with E-state index in [2.05, 4.69) is 4.90 Å². The number of alkyl halides is 3. The smallest absolute Gasteiger partial charge is 0.303 e. The number of piperidine rings is 1. The maximum absolute atomic E-state index is 12.6. The molecule has 15 heavy (non-hydrogen) atoms. The van der Waals surface area contributed by atoms with E-state index in [-0.39, 0.29) is 12.3 Å². The highest BCUT2D eigenvalue weighted by Crippen LogP contribution is 2.39. The Morgan fingerprint density at radius 3 is 2.33 bits per heavy atom. The average molecular weight is 221 g/mol. The Kier molecular flexibility index (Phi) is 2.97. The third kappa shape index (κ3) is 2.86. The van der Waals surface area contributed by atoms with Crippen LogP contribution >= 0.6 is 0 Å². The van der Waals surface area contributed by atoms with Crippen LogP contribution in [0.25, 0.3) is 0 Å². The fourth-order valence-electron chi connectivity index (χ4n) is 2.55. The zero-order valence-electron chi connectivity index (χ0n) is 9.06. The molecule has 1 saturated heterocycles. The van der Waals surface area contributed by atoms with E-state index in [0.29, 0.717) is 13.1 Å². The van der Waals surface area contributed by atoms with Gasteiger partial charge in [-0.25, -0.2) is 0 Å². The fourth-order valence-corrected chi connectivity index (χ4v) is 2.55. The van der Waals surface area contributed by atoms with Crippen LogP contribution in [0.1, 0.15) is 26.2 Å². The molecular formula is C11H18F3N. The second-order valence-electron chi connectivity index (χ2n) is 5.12. The summed E-state index contributed by atoms with van der Waals surface area (Å²) in [4.78, 5) is 2.21. The molecule has 0 spiro atoms. The number of halogens is 3. The fraction of sp³-hybridized carbons (Fsp3) is 1.00. The van der Waals surface area contributed by atoms with Gasteiger partial charge in [-0.15, -0.1) is 0 Å². The van der Waals surface area contributed by atoms with Gasteiger partial charge in [-0.1, -0.05) is 6.92 Å². The van der Waals surface area contributed by atoms with Crippen LogP contribution in [0, 0.1) is 17.8 Å². The van der Waals surface area contributed by atoms with E-state index in [9.17, 15) is 13.2 Å². The highest BCUT2D eigenvalue weighted by atomic mass is 19.4. The van der Waals surface area contributed by atoms with E-state index < -0.39 is 12.1 Å². The largest absolute Gasteiger partial charge is 0.392 e. The first-order valence-electron chi connectivity index (χ1n) is 5.76. The van der Waals surface area contributed by atoms with Gasteiger partial charge < -0.3 is 4.90 Å². The standard InChI is InChI=1S/C11H18F3N/c1-8-6-15(7-9-2-3-9)5-4-10(8)11(12,13)14/h8-10H,2-7H2,1H3/t8-,10+/m0/s1. The molecule has 0 bridgehead atoms. The zero-order valence-corrected chi connectivity index (χ0v) is 9.06. The van der Waals surface area contributed by atoms with Crippen molar-refractivity contribution in [2.24, 2.45) is 17.8 Å². The molecule has 4 heteroatoms. The summed E-state index contributed by atoms with van der Waals surface area (Å²) >= 11 is 0. The summed E-state index contributed by atoms with van der Waals surface area (Å²) in [6.45, 7) is 4.01. The van der Waals surface area contributed by atoms with E-state index in [0.717, 1.165) is 12.5 Å². The Morgan fingerprint density at radius 1 is 1.20 bits per heavy atom. The van der Waals surface area contributed by atoms with Crippen LogP contribution < -0.4 is 0 Å². The molecule has 2 aliphatic rings. The molecule has 1 nitrogen and oxygen atoms in total. The van der Waals surface area contributed by atoms with E-state index in [1.165, 1.54) is 12.8 Å². The normalized spacial score (nSPS) is 34.4. The minimum atomic E-state index is -3.99. The van der Waals surface area contributed by atoms with Gasteiger partial charge in [0.05, 0.1) is 5.92 Å². The molecule has 0 aromatic rings. The summed E-state index contributed by atoms with van der Waals surface area (Å²) in [5.41, 5.74) is 0. The first kappa shape index (κ1) is 11.2. The molecule has 0 aromatic carbocycles. The minimum absolute atomic E-state index is 0.238. The number of likely N-dealkylation sites (tertiary alicyclic amines) is 1. The van der Waals surface area contributed by atoms with E-state index in [1.54, 1.807) is 6.92 Å². The van der Waals surface area contributed by atoms with Crippen molar-refractivity contribution in [1.82, 2.24) is 4.90 Å². The predicted octanol–water partition coefficient (Wildman–Crippen LogP) is 2.92. The summed E-state index contributed by atoms with van der Waals surface area (Å²) in [5, 5.41) is 0. The molecule has 2 rings (SSSR count). The Labute approximate surface area is 88.6 Å². The molecule has 2 atom stereocenters. The van der Waals surface area contributed by atoms with Crippen molar-refractivity contribution in [2.75, 3.05) is 19.6 Å². The quantitative estimate of drug-likeness (QED) is 0.693. The van der Waals surface area contributed by atoms with Crippen LogP contribution in [0.5, 0.6) is 0 Å². The van der Waals surface area contributed by atoms with Crippen LogP contribution in [-0.2, 0) is 0 Å². The monoisotopic (exact) mass is 221 g/mol. The molecule has 2 fully saturated rings. The third-order valence-electron chi connectivity index (χ3n) is 3.62. The van der Waals surface area contributed by atoms with Gasteiger partial charge in [0.2, 0.25) is 0 Å². The Hall–Kier alpha value is -0.250. The molecule has 0 N–H and O–H groups in total. The highest BCUT2D eigenvalue weighted by Gasteiger charge is 2.45. The lowest BCUT2D eigenvalue weighted by Gasteiger charge is -2.37. The van der Waals surface area contributed by atoms with Gasteiger partial charge >= 0.3 is 6.18 Å². The van der Waals surface area contributed by atoms with Gasteiger partial charge in [-0.05, 0) is 37.6 Å². The average Bonchev–Trinajstić information content (AvgIpc) is 2.85. The molecule has 0 unspecified atom stereocenters. The second-order valence-corrected chi connectivity index (χ2v) is 5.12. The molecule has 1 heterocycles. The van der Waals surface area contributed by atoms with Gasteiger partial charge in [0.15, 0.2) is 0 Å². The zero-order chi connectivity index (χ0) is 11.1. The summed E-state index contributed by atoms with van der Waals surface area (Å²) in [5.74, 6) is -0.537. The third-order valence-corrected chi connectivity index (χ3v) is 3.62. The number of hydrogen-bond donors (Lipinski definition) is 0. The van der Waals surface area contributed by atoms with Gasteiger partial charge in [0.1, 0.15) is 0 Å². The first-order chi connectivity index (χ1) is 6.97. The van der Waals surface area contributed by atoms with Crippen LogP contribution in [0.3, 0.4) is 0 Å². The van der Waals surface area contributed by atoms with Crippen molar-refractivity contribution in [2.45, 2.75) is 32.4 Å². The lowest BCUT2D eigenvalue weighted by molar-refractivity contribution is -0.198. The highest BCUT2D eigenvalue weighted by molar-refractivity contribution is 4.85. The molecular weight excluding hydrogens is 203 g/mol. The summed E-state index contributed by atoms with van der Waals surface area (Å²) in [7, 11) is 0. The number of rotatable bonds is 2. The van der Waals surface area contributed by atoms with Crippen LogP contribution in [0.2, 0.25) is 0 Å². The summed E-state index contributed by atoms with van der Waals surface area (Å²) < 4.78 is 37.7. The second kappa shape index (κ2) is 3.96. The van der Waals surface area contributed by atoms with Gasteiger partial charge in [0.25, 0.3) is 0 Å². The Bertz CT molecular complexity index is 222. The minimum Gasteiger partial charge on any atom is -0.303 e. The van der Waals surface area contributed by atoms with Crippen molar-refractivity contribution in [3.05, 3.63) is 0 Å². The topological polar surface area (TPSA) is 3.24 Å². The molecule has 0 radical (unpaired) electrons. The van der Waals surface area contributed by atoms with Crippen molar-refractivity contribution in [1.29, 1.82) is 0 Å². The first-order valence-corrected chi connectivity index (χ1v) is 5.76. The molecule has 1 aliphatic carbocycles. The Balaban J connectivity index is 1.84. The number of hydrogen-bond acceptors (Lipinski definition) is 1. The summed E-state index contributed by atoms with van der Waals surface area (Å²) in [6, 6.07) is 0. The molecule has 0 amide bonds. The van der Waals surface area contributed by atoms with Gasteiger partial charge in [0, 0.05) is 13.1 Å². The maximum atomic E-state index is 12.6. The van der Waals surface area contributed by atoms with Crippen molar-refractivity contribution < 1.29 is 13.2 Å². The van der Waals surface area contributed by atoms with E-state index >= 15 is 0 Å². The summed E-state index contributed by atoms with van der Waals surface area (Å²) in [6.07, 6.45) is -1.16. The maximum Gasteiger partial charge on any atom is 0.392 e. The van der Waals surface area contributed by atoms with Crippen molar-refractivity contribution in [3.63, 3.8) is 0 Å². The van der Waals surface area contributed by atoms with Crippen LogP contribution in [0.4, 0.5) is 13.2 Å². The Morgan fingerprint density at radius 2 is 1.87 bits per heavy atom. The predicted molar refractivity (Wildman–Crippen MR) is 52.5 cm³/mol. The SMILES string of the molecule is C[C@H]1CN(CC2CC2)CC[C@H]1C(F)(F)F. The number of nitrogens with zero attached hydrogens (tertiary/aromatic N) is 1. The van der Waals surface area contributed by atoms with Crippen molar-refractivity contribution >= 4 is 0 Å². The lowest BCUT2D eigenvalue weighted by atomic mass is 9.86. The molecule has 0 aromatic heterocycles. The molecule has 1 saturated carbocycles. The van der Waals surface area contributed by atoms with Gasteiger partial charge in [-0.2, -0.15) is 13.2 Å². The van der Waals surface area contributed by atoms with E-state index in [1.807, 2.05) is 0 Å². The molecule has 88 valence electrons. The van der Waals surface area contributed by atoms with E-state index in [4.69, 9.17) is 0 Å². The van der Waals surface area contributed by atoms with Crippen molar-refractivity contribution in [3.8, 4) is 0 Å². The van der Waals surface area contributed by atoms with Crippen LogP contribution in [0.15, 0.2) is 0 Å². The van der Waals surface area contributed by atoms with Crippen LogP contribution in [-0.4, -0.2) is 30.7 Å². The van der Waals surface area contributed by atoms with Gasteiger partial charge in [-0.3, -0.25) is 0 Å². The molecule has 1 aliphatic heterocycles.